The zero-order valence-electron chi connectivity index (χ0n) is 9.59. The lowest BCUT2D eigenvalue weighted by Gasteiger charge is -2.05. The SMILES string of the molecule is N#Cc1cc(NCc2ccc(Cl)s2)ccc1[N+](=O)[O-]. The van der Waals surface area contributed by atoms with Crippen LogP contribution in [0.5, 0.6) is 0 Å². The minimum Gasteiger partial charge on any atom is -0.380 e. The number of nitrogens with zero attached hydrogens (tertiary/aromatic N) is 2. The van der Waals surface area contributed by atoms with Crippen LogP contribution in [-0.4, -0.2) is 4.92 Å². The molecule has 2 rings (SSSR count). The van der Waals surface area contributed by atoms with E-state index in [9.17, 15) is 10.1 Å². The lowest BCUT2D eigenvalue weighted by molar-refractivity contribution is -0.385. The van der Waals surface area contributed by atoms with Crippen molar-refractivity contribution in [2.24, 2.45) is 0 Å². The Bertz CT molecular complexity index is 663. The molecule has 1 aromatic carbocycles. The van der Waals surface area contributed by atoms with E-state index < -0.39 is 4.92 Å². The second-order valence-electron chi connectivity index (χ2n) is 3.66. The number of rotatable bonds is 4. The number of nitro groups is 1. The van der Waals surface area contributed by atoms with Crippen LogP contribution in [0.3, 0.4) is 0 Å². The fourth-order valence-electron chi connectivity index (χ4n) is 1.53. The van der Waals surface area contributed by atoms with Crippen molar-refractivity contribution in [2.45, 2.75) is 6.54 Å². The summed E-state index contributed by atoms with van der Waals surface area (Å²) in [4.78, 5) is 11.2. The van der Waals surface area contributed by atoms with Gasteiger partial charge in [-0.05, 0) is 24.3 Å². The summed E-state index contributed by atoms with van der Waals surface area (Å²) in [5, 5.41) is 22.7. The Morgan fingerprint density at radius 2 is 2.21 bits per heavy atom. The molecule has 0 aliphatic carbocycles. The number of benzene rings is 1. The molecule has 0 fully saturated rings. The average Bonchev–Trinajstić information content (AvgIpc) is 2.81. The predicted molar refractivity (Wildman–Crippen MR) is 74.5 cm³/mol. The Labute approximate surface area is 118 Å². The van der Waals surface area contributed by atoms with Crippen LogP contribution in [0.4, 0.5) is 11.4 Å². The molecule has 7 heteroatoms. The number of nitrogens with one attached hydrogen (secondary N) is 1. The van der Waals surface area contributed by atoms with Crippen molar-refractivity contribution in [3.05, 3.63) is 55.2 Å². The van der Waals surface area contributed by atoms with Gasteiger partial charge in [0.15, 0.2) is 0 Å². The van der Waals surface area contributed by atoms with Crippen molar-refractivity contribution in [3.8, 4) is 6.07 Å². The zero-order valence-corrected chi connectivity index (χ0v) is 11.2. The number of hydrogen-bond donors (Lipinski definition) is 1. The molecule has 0 radical (unpaired) electrons. The number of hydrogen-bond acceptors (Lipinski definition) is 5. The van der Waals surface area contributed by atoms with Crippen molar-refractivity contribution < 1.29 is 4.92 Å². The number of thiophene rings is 1. The van der Waals surface area contributed by atoms with Crippen LogP contribution < -0.4 is 5.32 Å². The predicted octanol–water partition coefficient (Wildman–Crippen LogP) is 3.79. The zero-order chi connectivity index (χ0) is 13.8. The van der Waals surface area contributed by atoms with Gasteiger partial charge in [-0.15, -0.1) is 11.3 Å². The van der Waals surface area contributed by atoms with Crippen LogP contribution in [0.1, 0.15) is 10.4 Å². The summed E-state index contributed by atoms with van der Waals surface area (Å²) in [6, 6.07) is 9.89. The molecule has 0 saturated carbocycles. The summed E-state index contributed by atoms with van der Waals surface area (Å²) in [5.41, 5.74) is 0.512. The van der Waals surface area contributed by atoms with E-state index in [-0.39, 0.29) is 11.3 Å². The van der Waals surface area contributed by atoms with Crippen molar-refractivity contribution in [1.82, 2.24) is 0 Å². The van der Waals surface area contributed by atoms with Gasteiger partial charge < -0.3 is 5.32 Å². The monoisotopic (exact) mass is 293 g/mol. The van der Waals surface area contributed by atoms with Crippen LogP contribution in [0, 0.1) is 21.4 Å². The minimum atomic E-state index is -0.568. The first-order valence-electron chi connectivity index (χ1n) is 5.27. The van der Waals surface area contributed by atoms with Crippen molar-refractivity contribution >= 4 is 34.3 Å². The summed E-state index contributed by atoms with van der Waals surface area (Å²) < 4.78 is 0.707. The molecule has 0 atom stereocenters. The van der Waals surface area contributed by atoms with Crippen LogP contribution >= 0.6 is 22.9 Å². The van der Waals surface area contributed by atoms with Crippen LogP contribution in [0.25, 0.3) is 0 Å². The Kier molecular flexibility index (Phi) is 4.00. The van der Waals surface area contributed by atoms with E-state index in [1.165, 1.54) is 23.5 Å². The lowest BCUT2D eigenvalue weighted by atomic mass is 10.2. The van der Waals surface area contributed by atoms with Gasteiger partial charge >= 0.3 is 0 Å². The summed E-state index contributed by atoms with van der Waals surface area (Å²) in [7, 11) is 0. The van der Waals surface area contributed by atoms with E-state index >= 15 is 0 Å². The molecule has 0 unspecified atom stereocenters. The van der Waals surface area contributed by atoms with Gasteiger partial charge in [-0.2, -0.15) is 5.26 Å². The molecule has 0 aliphatic rings. The second-order valence-corrected chi connectivity index (χ2v) is 5.46. The van der Waals surface area contributed by atoms with Gasteiger partial charge in [-0.1, -0.05) is 11.6 Å². The molecule has 1 heterocycles. The first-order valence-corrected chi connectivity index (χ1v) is 6.46. The smallest absolute Gasteiger partial charge is 0.287 e. The molecular formula is C12H8ClN3O2S. The Hall–Kier alpha value is -2.10. The van der Waals surface area contributed by atoms with Gasteiger partial charge in [0.05, 0.1) is 9.26 Å². The fourth-order valence-corrected chi connectivity index (χ4v) is 2.56. The topological polar surface area (TPSA) is 79.0 Å². The highest BCUT2D eigenvalue weighted by Crippen LogP contribution is 2.24. The quantitative estimate of drug-likeness (QED) is 0.687. The number of nitro benzene ring substituents is 1. The van der Waals surface area contributed by atoms with Crippen LogP contribution in [-0.2, 0) is 6.54 Å². The van der Waals surface area contributed by atoms with Gasteiger partial charge in [0, 0.05) is 23.2 Å². The molecule has 0 spiro atoms. The van der Waals surface area contributed by atoms with E-state index in [4.69, 9.17) is 16.9 Å². The third-order valence-corrected chi connectivity index (χ3v) is 3.64. The number of nitriles is 1. The normalized spacial score (nSPS) is 9.89. The molecular weight excluding hydrogens is 286 g/mol. The number of anilines is 1. The molecule has 0 saturated heterocycles. The molecule has 5 nitrogen and oxygen atoms in total. The Morgan fingerprint density at radius 1 is 1.42 bits per heavy atom. The Morgan fingerprint density at radius 3 is 2.79 bits per heavy atom. The Balaban J connectivity index is 2.14. The first-order chi connectivity index (χ1) is 9.10. The molecule has 2 aromatic rings. The third kappa shape index (κ3) is 3.22. The fraction of sp³-hybridized carbons (Fsp3) is 0.0833. The van der Waals surface area contributed by atoms with Crippen LogP contribution in [0.15, 0.2) is 30.3 Å². The van der Waals surface area contributed by atoms with E-state index in [1.807, 2.05) is 12.1 Å². The van der Waals surface area contributed by atoms with Crippen molar-refractivity contribution in [3.63, 3.8) is 0 Å². The first kappa shape index (κ1) is 13.3. The molecule has 1 aromatic heterocycles. The van der Waals surface area contributed by atoms with Gasteiger partial charge in [0.2, 0.25) is 0 Å². The lowest BCUT2D eigenvalue weighted by Crippen LogP contribution is -1.99. The van der Waals surface area contributed by atoms with Gasteiger partial charge in [-0.3, -0.25) is 10.1 Å². The highest BCUT2D eigenvalue weighted by Gasteiger charge is 2.13. The average molecular weight is 294 g/mol. The van der Waals surface area contributed by atoms with E-state index in [1.54, 1.807) is 12.1 Å². The highest BCUT2D eigenvalue weighted by molar-refractivity contribution is 7.16. The largest absolute Gasteiger partial charge is 0.380 e. The van der Waals surface area contributed by atoms with Gasteiger partial charge in [0.25, 0.3) is 5.69 Å². The summed E-state index contributed by atoms with van der Waals surface area (Å²) in [5.74, 6) is 0. The highest BCUT2D eigenvalue weighted by atomic mass is 35.5. The summed E-state index contributed by atoms with van der Waals surface area (Å²) in [6.45, 7) is 0.556. The summed E-state index contributed by atoms with van der Waals surface area (Å²) >= 11 is 7.27. The van der Waals surface area contributed by atoms with Gasteiger partial charge in [-0.25, -0.2) is 0 Å². The van der Waals surface area contributed by atoms with E-state index in [0.717, 1.165) is 4.88 Å². The maximum absolute atomic E-state index is 10.7. The summed E-state index contributed by atoms with van der Waals surface area (Å²) in [6.07, 6.45) is 0. The maximum Gasteiger partial charge on any atom is 0.287 e. The van der Waals surface area contributed by atoms with Crippen molar-refractivity contribution in [2.75, 3.05) is 5.32 Å². The maximum atomic E-state index is 10.7. The van der Waals surface area contributed by atoms with Crippen LogP contribution in [0.2, 0.25) is 4.34 Å². The van der Waals surface area contributed by atoms with E-state index in [0.29, 0.717) is 16.6 Å². The molecule has 0 amide bonds. The van der Waals surface area contributed by atoms with Crippen molar-refractivity contribution in [1.29, 1.82) is 5.26 Å². The number of halogens is 1. The molecule has 0 aliphatic heterocycles. The van der Waals surface area contributed by atoms with E-state index in [2.05, 4.69) is 5.32 Å². The third-order valence-electron chi connectivity index (χ3n) is 2.41. The standard InChI is InChI=1S/C12H8ClN3O2S/c13-12-4-2-10(19-12)7-15-9-1-3-11(16(17)18)8(5-9)6-14/h1-5,15H,7H2. The molecule has 1 N–H and O–H groups in total. The molecule has 0 bridgehead atoms. The second kappa shape index (κ2) is 5.69. The molecule has 96 valence electrons. The van der Waals surface area contributed by atoms with Gasteiger partial charge in [0.1, 0.15) is 11.6 Å². The molecule has 19 heavy (non-hydrogen) atoms. The minimum absolute atomic E-state index is 0.0409.